The molecular weight excluding hydrogens is 226 g/mol. The molecule has 0 saturated heterocycles. The minimum absolute atomic E-state index is 0.0199. The van der Waals surface area contributed by atoms with Gasteiger partial charge in [-0.15, -0.1) is 0 Å². The number of anilines is 1. The van der Waals surface area contributed by atoms with Crippen LogP contribution in [-0.2, 0) is 0 Å². The molecule has 4 nitrogen and oxygen atoms in total. The van der Waals surface area contributed by atoms with Crippen LogP contribution in [0, 0.1) is 6.92 Å². The Hall–Kier alpha value is -1.58. The van der Waals surface area contributed by atoms with Crippen molar-refractivity contribution in [2.24, 2.45) is 0 Å². The number of amides is 1. The van der Waals surface area contributed by atoms with Crippen molar-refractivity contribution < 1.29 is 4.79 Å². The van der Waals surface area contributed by atoms with Gasteiger partial charge in [-0.25, -0.2) is 4.98 Å². The Labute approximate surface area is 109 Å². The normalized spacial score (nSPS) is 10.2. The maximum Gasteiger partial charge on any atom is 0.251 e. The van der Waals surface area contributed by atoms with Crippen molar-refractivity contribution in [2.75, 3.05) is 18.4 Å². The SMILES string of the molecule is CCCCNC(=O)c1cc(C)nc(NCCC)c1. The molecule has 0 atom stereocenters. The van der Waals surface area contributed by atoms with Crippen LogP contribution in [0.15, 0.2) is 12.1 Å². The van der Waals surface area contributed by atoms with E-state index in [1.165, 1.54) is 0 Å². The van der Waals surface area contributed by atoms with Crippen molar-refractivity contribution in [3.8, 4) is 0 Å². The predicted octanol–water partition coefficient (Wildman–Crippen LogP) is 2.74. The molecule has 0 saturated carbocycles. The van der Waals surface area contributed by atoms with Crippen LogP contribution in [0.2, 0.25) is 0 Å². The Kier molecular flexibility index (Phi) is 6.19. The molecule has 0 bridgehead atoms. The fourth-order valence-electron chi connectivity index (χ4n) is 1.62. The van der Waals surface area contributed by atoms with Crippen LogP contribution in [0.25, 0.3) is 0 Å². The Morgan fingerprint density at radius 2 is 2.00 bits per heavy atom. The van der Waals surface area contributed by atoms with Gasteiger partial charge >= 0.3 is 0 Å². The molecule has 0 radical (unpaired) electrons. The van der Waals surface area contributed by atoms with Gasteiger partial charge in [-0.1, -0.05) is 20.3 Å². The standard InChI is InChI=1S/C14H23N3O/c1-4-6-8-16-14(18)12-9-11(3)17-13(10-12)15-7-5-2/h9-10H,4-8H2,1-3H3,(H,15,17)(H,16,18). The fourth-order valence-corrected chi connectivity index (χ4v) is 1.62. The number of hydrogen-bond donors (Lipinski definition) is 2. The number of nitrogens with zero attached hydrogens (tertiary/aromatic N) is 1. The first-order valence-electron chi connectivity index (χ1n) is 6.68. The molecule has 1 rings (SSSR count). The first-order chi connectivity index (χ1) is 8.67. The second kappa shape index (κ2) is 7.69. The molecular formula is C14H23N3O. The molecule has 0 aliphatic carbocycles. The average Bonchev–Trinajstić information content (AvgIpc) is 2.36. The first kappa shape index (κ1) is 14.5. The van der Waals surface area contributed by atoms with Crippen LogP contribution in [-0.4, -0.2) is 24.0 Å². The third kappa shape index (κ3) is 4.73. The molecule has 0 aliphatic heterocycles. The molecule has 0 aromatic carbocycles. The number of carbonyl (C=O) groups excluding carboxylic acids is 1. The molecule has 1 aromatic rings. The highest BCUT2D eigenvalue weighted by Gasteiger charge is 2.07. The summed E-state index contributed by atoms with van der Waals surface area (Å²) in [6.07, 6.45) is 3.13. The molecule has 1 heterocycles. The Bertz CT molecular complexity index is 391. The summed E-state index contributed by atoms with van der Waals surface area (Å²) < 4.78 is 0. The number of aromatic nitrogens is 1. The van der Waals surface area contributed by atoms with Crippen molar-refractivity contribution >= 4 is 11.7 Å². The van der Waals surface area contributed by atoms with Crippen LogP contribution in [0.3, 0.4) is 0 Å². The van der Waals surface area contributed by atoms with E-state index >= 15 is 0 Å². The summed E-state index contributed by atoms with van der Waals surface area (Å²) in [5.41, 5.74) is 1.54. The minimum atomic E-state index is -0.0199. The van der Waals surface area contributed by atoms with Gasteiger partial charge in [-0.2, -0.15) is 0 Å². The van der Waals surface area contributed by atoms with E-state index in [-0.39, 0.29) is 5.91 Å². The van der Waals surface area contributed by atoms with E-state index in [1.54, 1.807) is 0 Å². The summed E-state index contributed by atoms with van der Waals surface area (Å²) in [5.74, 6) is 0.756. The van der Waals surface area contributed by atoms with Crippen molar-refractivity contribution in [1.82, 2.24) is 10.3 Å². The third-order valence-electron chi connectivity index (χ3n) is 2.59. The molecule has 1 amide bonds. The molecule has 0 aliphatic rings. The van der Waals surface area contributed by atoms with Crippen molar-refractivity contribution in [2.45, 2.75) is 40.0 Å². The van der Waals surface area contributed by atoms with Crippen LogP contribution >= 0.6 is 0 Å². The largest absolute Gasteiger partial charge is 0.370 e. The quantitative estimate of drug-likeness (QED) is 0.731. The topological polar surface area (TPSA) is 54.0 Å². The average molecular weight is 249 g/mol. The lowest BCUT2D eigenvalue weighted by Crippen LogP contribution is -2.24. The zero-order valence-corrected chi connectivity index (χ0v) is 11.5. The zero-order chi connectivity index (χ0) is 13.4. The summed E-state index contributed by atoms with van der Waals surface area (Å²) in [6, 6.07) is 3.63. The van der Waals surface area contributed by atoms with Crippen LogP contribution < -0.4 is 10.6 Å². The fraction of sp³-hybridized carbons (Fsp3) is 0.571. The van der Waals surface area contributed by atoms with Gasteiger partial charge in [-0.3, -0.25) is 4.79 Å². The summed E-state index contributed by atoms with van der Waals surface area (Å²) in [5, 5.41) is 6.12. The number of hydrogen-bond acceptors (Lipinski definition) is 3. The molecule has 4 heteroatoms. The monoisotopic (exact) mass is 249 g/mol. The lowest BCUT2D eigenvalue weighted by Gasteiger charge is -2.09. The van der Waals surface area contributed by atoms with E-state index in [4.69, 9.17) is 0 Å². The van der Waals surface area contributed by atoms with Crippen molar-refractivity contribution in [3.05, 3.63) is 23.4 Å². The van der Waals surface area contributed by atoms with Gasteiger partial charge in [0, 0.05) is 24.3 Å². The maximum absolute atomic E-state index is 11.9. The van der Waals surface area contributed by atoms with Crippen LogP contribution in [0.4, 0.5) is 5.82 Å². The van der Waals surface area contributed by atoms with E-state index in [0.717, 1.165) is 43.9 Å². The lowest BCUT2D eigenvalue weighted by molar-refractivity contribution is 0.0953. The molecule has 0 fully saturated rings. The van der Waals surface area contributed by atoms with Crippen molar-refractivity contribution in [3.63, 3.8) is 0 Å². The molecule has 2 N–H and O–H groups in total. The molecule has 1 aromatic heterocycles. The maximum atomic E-state index is 11.9. The summed E-state index contributed by atoms with van der Waals surface area (Å²) in [4.78, 5) is 16.3. The summed E-state index contributed by atoms with van der Waals surface area (Å²) in [7, 11) is 0. The Morgan fingerprint density at radius 1 is 1.22 bits per heavy atom. The van der Waals surface area contributed by atoms with Gasteiger partial charge < -0.3 is 10.6 Å². The number of rotatable bonds is 7. The van der Waals surface area contributed by atoms with E-state index in [2.05, 4.69) is 29.5 Å². The predicted molar refractivity (Wildman–Crippen MR) is 75.0 cm³/mol. The second-order valence-electron chi connectivity index (χ2n) is 4.42. The number of nitrogens with one attached hydrogen (secondary N) is 2. The number of carbonyl (C=O) groups is 1. The van der Waals surface area contributed by atoms with Gasteiger partial charge in [0.15, 0.2) is 0 Å². The van der Waals surface area contributed by atoms with E-state index < -0.39 is 0 Å². The minimum Gasteiger partial charge on any atom is -0.370 e. The first-order valence-corrected chi connectivity index (χ1v) is 6.68. The molecule has 100 valence electrons. The van der Waals surface area contributed by atoms with Crippen LogP contribution in [0.1, 0.15) is 49.2 Å². The highest BCUT2D eigenvalue weighted by atomic mass is 16.1. The van der Waals surface area contributed by atoms with Gasteiger partial charge in [0.1, 0.15) is 5.82 Å². The molecule has 18 heavy (non-hydrogen) atoms. The van der Waals surface area contributed by atoms with Gasteiger partial charge in [0.2, 0.25) is 0 Å². The van der Waals surface area contributed by atoms with E-state index in [0.29, 0.717) is 5.56 Å². The number of unbranched alkanes of at least 4 members (excludes halogenated alkanes) is 1. The highest BCUT2D eigenvalue weighted by Crippen LogP contribution is 2.10. The smallest absolute Gasteiger partial charge is 0.251 e. The van der Waals surface area contributed by atoms with Crippen molar-refractivity contribution in [1.29, 1.82) is 0 Å². The van der Waals surface area contributed by atoms with Gasteiger partial charge in [-0.05, 0) is 31.9 Å². The highest BCUT2D eigenvalue weighted by molar-refractivity contribution is 5.94. The van der Waals surface area contributed by atoms with E-state index in [1.807, 2.05) is 19.1 Å². The second-order valence-corrected chi connectivity index (χ2v) is 4.42. The zero-order valence-electron chi connectivity index (χ0n) is 11.5. The van der Waals surface area contributed by atoms with Crippen LogP contribution in [0.5, 0.6) is 0 Å². The number of aryl methyl sites for hydroxylation is 1. The third-order valence-corrected chi connectivity index (χ3v) is 2.59. The molecule has 0 spiro atoms. The Balaban J connectivity index is 2.69. The van der Waals surface area contributed by atoms with E-state index in [9.17, 15) is 4.79 Å². The van der Waals surface area contributed by atoms with Gasteiger partial charge in [0.25, 0.3) is 5.91 Å². The molecule has 0 unspecified atom stereocenters. The summed E-state index contributed by atoms with van der Waals surface area (Å²) >= 11 is 0. The number of pyridine rings is 1. The van der Waals surface area contributed by atoms with Gasteiger partial charge in [0.05, 0.1) is 0 Å². The lowest BCUT2D eigenvalue weighted by atomic mass is 10.2. The summed E-state index contributed by atoms with van der Waals surface area (Å²) in [6.45, 7) is 7.71. The Morgan fingerprint density at radius 3 is 2.67 bits per heavy atom.